The summed E-state index contributed by atoms with van der Waals surface area (Å²) in [6, 6.07) is 10.5. The minimum Gasteiger partial charge on any atom is -0.490 e. The number of hydrogen-bond donors (Lipinski definition) is 1. The lowest BCUT2D eigenvalue weighted by molar-refractivity contribution is 0.114. The first kappa shape index (κ1) is 17.8. The van der Waals surface area contributed by atoms with Gasteiger partial charge in [0, 0.05) is 23.9 Å². The Hall–Kier alpha value is -1.62. The molecule has 2 aromatic rings. The van der Waals surface area contributed by atoms with Crippen LogP contribution in [-0.2, 0) is 11.3 Å². The third-order valence-electron chi connectivity index (χ3n) is 5.28. The van der Waals surface area contributed by atoms with Crippen LogP contribution in [0.1, 0.15) is 36.3 Å². The maximum absolute atomic E-state index is 5.90. The van der Waals surface area contributed by atoms with Gasteiger partial charge in [-0.15, -0.1) is 0 Å². The molecule has 26 heavy (non-hydrogen) atoms. The number of halogens is 1. The third kappa shape index (κ3) is 4.76. The fourth-order valence-electron chi connectivity index (χ4n) is 3.39. The average Bonchev–Trinajstić information content (AvgIpc) is 3.39. The van der Waals surface area contributed by atoms with Gasteiger partial charge in [-0.05, 0) is 67.0 Å². The van der Waals surface area contributed by atoms with Gasteiger partial charge in [-0.3, -0.25) is 4.98 Å². The maximum atomic E-state index is 5.90. The van der Waals surface area contributed by atoms with Crippen LogP contribution in [-0.4, -0.2) is 30.8 Å². The number of pyridine rings is 1. The van der Waals surface area contributed by atoms with E-state index in [9.17, 15) is 0 Å². The quantitative estimate of drug-likeness (QED) is 0.670. The van der Waals surface area contributed by atoms with Crippen molar-refractivity contribution in [3.8, 4) is 5.75 Å². The Balaban J connectivity index is 1.18. The Kier molecular flexibility index (Phi) is 5.73. The predicted octanol–water partition coefficient (Wildman–Crippen LogP) is 4.19. The maximum Gasteiger partial charge on any atom is 0.137 e. The smallest absolute Gasteiger partial charge is 0.137 e. The Morgan fingerprint density at radius 2 is 2.04 bits per heavy atom. The van der Waals surface area contributed by atoms with E-state index in [2.05, 4.69) is 16.4 Å². The van der Waals surface area contributed by atoms with E-state index >= 15 is 0 Å². The summed E-state index contributed by atoms with van der Waals surface area (Å²) in [6.45, 7) is 3.28. The van der Waals surface area contributed by atoms with Crippen LogP contribution in [0.25, 0.3) is 0 Å². The molecular formula is C21H25ClN2O2. The lowest BCUT2D eigenvalue weighted by atomic mass is 10.1. The van der Waals surface area contributed by atoms with Crippen molar-refractivity contribution in [2.24, 2.45) is 5.92 Å². The molecule has 4 nitrogen and oxygen atoms in total. The van der Waals surface area contributed by atoms with Crippen molar-refractivity contribution in [1.82, 2.24) is 10.3 Å². The van der Waals surface area contributed by atoms with E-state index in [1.807, 2.05) is 36.7 Å². The Morgan fingerprint density at radius 3 is 2.81 bits per heavy atom. The molecule has 0 bridgehead atoms. The van der Waals surface area contributed by atoms with Gasteiger partial charge in [-0.2, -0.15) is 0 Å². The summed E-state index contributed by atoms with van der Waals surface area (Å²) < 4.78 is 11.7. The van der Waals surface area contributed by atoms with Crippen molar-refractivity contribution < 1.29 is 9.47 Å². The van der Waals surface area contributed by atoms with Gasteiger partial charge < -0.3 is 14.8 Å². The Labute approximate surface area is 159 Å². The molecule has 0 radical (unpaired) electrons. The second-order valence-electron chi connectivity index (χ2n) is 7.27. The predicted molar refractivity (Wildman–Crippen MR) is 103 cm³/mol. The van der Waals surface area contributed by atoms with E-state index < -0.39 is 0 Å². The zero-order valence-corrected chi connectivity index (χ0v) is 15.6. The van der Waals surface area contributed by atoms with Crippen molar-refractivity contribution >= 4 is 11.6 Å². The molecule has 1 aliphatic carbocycles. The Morgan fingerprint density at radius 1 is 1.19 bits per heavy atom. The minimum atomic E-state index is 0.505. The van der Waals surface area contributed by atoms with Crippen LogP contribution in [0.2, 0.25) is 5.02 Å². The lowest BCUT2D eigenvalue weighted by Crippen LogP contribution is -2.46. The van der Waals surface area contributed by atoms with E-state index in [-0.39, 0.29) is 0 Å². The summed E-state index contributed by atoms with van der Waals surface area (Å²) in [5.41, 5.74) is 2.46. The zero-order valence-electron chi connectivity index (χ0n) is 14.9. The van der Waals surface area contributed by atoms with Crippen molar-refractivity contribution in [2.45, 2.75) is 37.8 Å². The SMILES string of the molecule is Clc1ccc(COCC[C@H]2C[C@@H]2c2cncc(OC[C@@H]3CCN3)c2)cc1. The number of nitrogens with one attached hydrogen (secondary N) is 1. The summed E-state index contributed by atoms with van der Waals surface area (Å²) in [5, 5.41) is 4.11. The van der Waals surface area contributed by atoms with Gasteiger partial charge in [0.1, 0.15) is 12.4 Å². The summed E-state index contributed by atoms with van der Waals surface area (Å²) in [7, 11) is 0. The summed E-state index contributed by atoms with van der Waals surface area (Å²) in [4.78, 5) is 4.36. The third-order valence-corrected chi connectivity index (χ3v) is 5.53. The molecule has 0 spiro atoms. The first-order valence-electron chi connectivity index (χ1n) is 9.41. The van der Waals surface area contributed by atoms with Crippen LogP contribution in [0.15, 0.2) is 42.7 Å². The highest BCUT2D eigenvalue weighted by Crippen LogP contribution is 2.49. The monoisotopic (exact) mass is 372 g/mol. The van der Waals surface area contributed by atoms with Crippen LogP contribution in [0.4, 0.5) is 0 Å². The van der Waals surface area contributed by atoms with E-state index in [1.165, 1.54) is 18.4 Å². The molecule has 2 aliphatic rings. The van der Waals surface area contributed by atoms with E-state index in [1.54, 1.807) is 0 Å². The van der Waals surface area contributed by atoms with Gasteiger partial charge in [0.25, 0.3) is 0 Å². The number of hydrogen-bond acceptors (Lipinski definition) is 4. The van der Waals surface area contributed by atoms with Crippen LogP contribution in [0.5, 0.6) is 5.75 Å². The summed E-state index contributed by atoms with van der Waals surface area (Å²) in [6.07, 6.45) is 7.31. The summed E-state index contributed by atoms with van der Waals surface area (Å²) in [5.74, 6) is 2.19. The van der Waals surface area contributed by atoms with Crippen molar-refractivity contribution in [1.29, 1.82) is 0 Å². The molecule has 4 rings (SSSR count). The van der Waals surface area contributed by atoms with Crippen LogP contribution < -0.4 is 10.1 Å². The van der Waals surface area contributed by atoms with Gasteiger partial charge >= 0.3 is 0 Å². The molecule has 5 heteroatoms. The molecule has 2 heterocycles. The second kappa shape index (κ2) is 8.38. The van der Waals surface area contributed by atoms with Crippen molar-refractivity contribution in [3.63, 3.8) is 0 Å². The highest BCUT2D eigenvalue weighted by atomic mass is 35.5. The van der Waals surface area contributed by atoms with Crippen LogP contribution >= 0.6 is 11.6 Å². The molecule has 138 valence electrons. The van der Waals surface area contributed by atoms with Gasteiger partial charge in [-0.1, -0.05) is 23.7 Å². The fourth-order valence-corrected chi connectivity index (χ4v) is 3.51. The number of ether oxygens (including phenoxy) is 2. The standard InChI is InChI=1S/C21H25ClN2O2/c22-18-3-1-15(2-4-18)13-25-8-6-16-10-21(16)17-9-20(12-23-11-17)26-14-19-5-7-24-19/h1-4,9,11-12,16,19,21,24H,5-8,10,13-14H2/t16-,19-,21-/m0/s1. The van der Waals surface area contributed by atoms with Gasteiger partial charge in [0.15, 0.2) is 0 Å². The molecule has 2 fully saturated rings. The van der Waals surface area contributed by atoms with Gasteiger partial charge in [0.2, 0.25) is 0 Å². The van der Waals surface area contributed by atoms with Crippen molar-refractivity contribution in [3.05, 3.63) is 58.9 Å². The minimum absolute atomic E-state index is 0.505. The molecule has 0 amide bonds. The normalized spacial score (nSPS) is 24.1. The zero-order chi connectivity index (χ0) is 17.8. The highest BCUT2D eigenvalue weighted by molar-refractivity contribution is 6.30. The van der Waals surface area contributed by atoms with Crippen LogP contribution in [0.3, 0.4) is 0 Å². The molecular weight excluding hydrogens is 348 g/mol. The molecule has 1 saturated heterocycles. The molecule has 1 aliphatic heterocycles. The number of nitrogens with zero attached hydrogens (tertiary/aromatic N) is 1. The molecule has 1 aromatic carbocycles. The molecule has 1 N–H and O–H groups in total. The number of rotatable bonds is 9. The topological polar surface area (TPSA) is 43.4 Å². The lowest BCUT2D eigenvalue weighted by Gasteiger charge is -2.27. The number of aromatic nitrogens is 1. The average molecular weight is 373 g/mol. The second-order valence-corrected chi connectivity index (χ2v) is 7.71. The van der Waals surface area contributed by atoms with E-state index in [0.717, 1.165) is 42.5 Å². The van der Waals surface area contributed by atoms with Gasteiger partial charge in [0.05, 0.1) is 12.8 Å². The van der Waals surface area contributed by atoms with Crippen molar-refractivity contribution in [2.75, 3.05) is 19.8 Å². The molecule has 3 atom stereocenters. The van der Waals surface area contributed by atoms with Gasteiger partial charge in [-0.25, -0.2) is 0 Å². The first-order valence-corrected chi connectivity index (χ1v) is 9.79. The van der Waals surface area contributed by atoms with E-state index in [4.69, 9.17) is 21.1 Å². The molecule has 1 aromatic heterocycles. The summed E-state index contributed by atoms with van der Waals surface area (Å²) >= 11 is 5.90. The first-order chi connectivity index (χ1) is 12.8. The molecule has 1 saturated carbocycles. The fraction of sp³-hybridized carbons (Fsp3) is 0.476. The Bertz CT molecular complexity index is 718. The van der Waals surface area contributed by atoms with Crippen LogP contribution in [0, 0.1) is 5.92 Å². The highest BCUT2D eigenvalue weighted by Gasteiger charge is 2.38. The largest absolute Gasteiger partial charge is 0.490 e. The molecule has 0 unspecified atom stereocenters. The van der Waals surface area contributed by atoms with E-state index in [0.29, 0.717) is 24.5 Å². The number of benzene rings is 1.